The summed E-state index contributed by atoms with van der Waals surface area (Å²) in [5, 5.41) is 4.33. The van der Waals surface area contributed by atoms with Crippen LogP contribution in [0, 0.1) is 11.3 Å². The minimum Gasteiger partial charge on any atom is -0.347 e. The van der Waals surface area contributed by atoms with Crippen molar-refractivity contribution in [2.75, 3.05) is 20.6 Å². The molecule has 1 aliphatic heterocycles. The van der Waals surface area contributed by atoms with Gasteiger partial charge in [0.1, 0.15) is 6.54 Å². The molecule has 2 amide bonds. The maximum absolute atomic E-state index is 13.2. The molecular formula is C22H31N5O3S. The molecular weight excluding hydrogens is 414 g/mol. The van der Waals surface area contributed by atoms with Crippen LogP contribution in [0.3, 0.4) is 0 Å². The molecule has 1 aliphatic carbocycles. The molecule has 3 heterocycles. The van der Waals surface area contributed by atoms with Crippen molar-refractivity contribution in [3.05, 3.63) is 37.7 Å². The van der Waals surface area contributed by atoms with E-state index in [1.807, 2.05) is 0 Å². The van der Waals surface area contributed by atoms with Gasteiger partial charge in [0.25, 0.3) is 5.91 Å². The standard InChI is InChI=1S/C22H31N5O3S/c1-22(2,3)15-6-7-16-14(10-15)11-17(31-16)20(29)25-8-9-26-18(12-25)23-27(21(26)30)13-19(28)24(4)5/h11,15H,6-10,12-13H2,1-5H3/t15-/m1/s1. The summed E-state index contributed by atoms with van der Waals surface area (Å²) in [6.07, 6.45) is 3.25. The molecule has 9 heteroatoms. The molecule has 0 radical (unpaired) electrons. The van der Waals surface area contributed by atoms with Gasteiger partial charge >= 0.3 is 5.69 Å². The Balaban J connectivity index is 1.50. The zero-order valence-corrected chi connectivity index (χ0v) is 19.8. The van der Waals surface area contributed by atoms with Crippen molar-refractivity contribution in [2.45, 2.75) is 59.7 Å². The quantitative estimate of drug-likeness (QED) is 0.724. The van der Waals surface area contributed by atoms with E-state index in [2.05, 4.69) is 31.9 Å². The molecule has 2 aromatic heterocycles. The third-order valence-corrected chi connectivity index (χ3v) is 7.74. The number of hydrogen-bond donors (Lipinski definition) is 0. The third kappa shape index (κ3) is 4.20. The summed E-state index contributed by atoms with van der Waals surface area (Å²) < 4.78 is 2.77. The number of rotatable bonds is 3. The van der Waals surface area contributed by atoms with Crippen LogP contribution in [0.2, 0.25) is 0 Å². The summed E-state index contributed by atoms with van der Waals surface area (Å²) in [6.45, 7) is 7.93. The number of aryl methyl sites for hydroxylation is 1. The molecule has 0 N–H and O–H groups in total. The monoisotopic (exact) mass is 445 g/mol. The number of carbonyl (C=O) groups is 2. The summed E-state index contributed by atoms with van der Waals surface area (Å²) >= 11 is 1.62. The molecule has 4 rings (SSSR count). The van der Waals surface area contributed by atoms with Crippen molar-refractivity contribution >= 4 is 23.2 Å². The molecule has 0 unspecified atom stereocenters. The number of carbonyl (C=O) groups excluding carboxylic acids is 2. The van der Waals surface area contributed by atoms with E-state index in [1.54, 1.807) is 34.9 Å². The molecule has 0 saturated heterocycles. The van der Waals surface area contributed by atoms with E-state index in [9.17, 15) is 14.4 Å². The first-order chi connectivity index (χ1) is 14.5. The highest BCUT2D eigenvalue weighted by atomic mass is 32.1. The minimum absolute atomic E-state index is 0.00401. The molecule has 2 aromatic rings. The van der Waals surface area contributed by atoms with E-state index in [0.29, 0.717) is 24.8 Å². The fourth-order valence-corrected chi connectivity index (χ4v) is 5.54. The fraction of sp³-hybridized carbons (Fsp3) is 0.636. The zero-order chi connectivity index (χ0) is 22.5. The first kappa shape index (κ1) is 21.8. The number of nitrogens with zero attached hydrogens (tertiary/aromatic N) is 5. The molecule has 0 spiro atoms. The van der Waals surface area contributed by atoms with Crippen LogP contribution < -0.4 is 5.69 Å². The van der Waals surface area contributed by atoms with Crippen LogP contribution in [0.1, 0.15) is 53.1 Å². The Hall–Kier alpha value is -2.42. The van der Waals surface area contributed by atoms with Gasteiger partial charge in [-0.15, -0.1) is 11.3 Å². The van der Waals surface area contributed by atoms with Crippen LogP contribution in [-0.2, 0) is 37.3 Å². The molecule has 0 saturated carbocycles. The predicted molar refractivity (Wildman–Crippen MR) is 119 cm³/mol. The highest BCUT2D eigenvalue weighted by Crippen LogP contribution is 2.40. The van der Waals surface area contributed by atoms with E-state index in [4.69, 9.17) is 0 Å². The molecule has 0 bridgehead atoms. The largest absolute Gasteiger partial charge is 0.347 e. The van der Waals surface area contributed by atoms with E-state index in [-0.39, 0.29) is 36.0 Å². The lowest BCUT2D eigenvalue weighted by atomic mass is 9.72. The van der Waals surface area contributed by atoms with Crippen molar-refractivity contribution in [3.63, 3.8) is 0 Å². The number of fused-ring (bicyclic) bond motifs is 2. The van der Waals surface area contributed by atoms with Crippen molar-refractivity contribution in [1.82, 2.24) is 24.1 Å². The summed E-state index contributed by atoms with van der Waals surface area (Å²) in [6, 6.07) is 2.08. The Morgan fingerprint density at radius 3 is 2.68 bits per heavy atom. The summed E-state index contributed by atoms with van der Waals surface area (Å²) in [4.78, 5) is 43.1. The van der Waals surface area contributed by atoms with E-state index in [0.717, 1.165) is 17.7 Å². The van der Waals surface area contributed by atoms with Crippen LogP contribution in [0.15, 0.2) is 10.9 Å². The number of thiophene rings is 1. The second-order valence-electron chi connectivity index (χ2n) is 9.89. The third-order valence-electron chi connectivity index (χ3n) is 6.51. The Morgan fingerprint density at radius 1 is 1.26 bits per heavy atom. The van der Waals surface area contributed by atoms with E-state index in [1.165, 1.54) is 26.4 Å². The Bertz CT molecular complexity index is 1070. The van der Waals surface area contributed by atoms with Crippen molar-refractivity contribution in [1.29, 1.82) is 0 Å². The summed E-state index contributed by atoms with van der Waals surface area (Å²) in [5.41, 5.74) is 1.30. The number of likely N-dealkylation sites (N-methyl/N-ethyl adjacent to an activating group) is 1. The van der Waals surface area contributed by atoms with Gasteiger partial charge in [-0.1, -0.05) is 20.8 Å². The normalized spacial score (nSPS) is 18.5. The average Bonchev–Trinajstić information content (AvgIpc) is 3.27. The second kappa shape index (κ2) is 7.93. The first-order valence-corrected chi connectivity index (χ1v) is 11.6. The Morgan fingerprint density at radius 2 is 2.00 bits per heavy atom. The van der Waals surface area contributed by atoms with Gasteiger partial charge in [0.15, 0.2) is 5.82 Å². The molecule has 1 atom stereocenters. The second-order valence-corrected chi connectivity index (χ2v) is 11.0. The van der Waals surface area contributed by atoms with Crippen LogP contribution >= 0.6 is 11.3 Å². The number of aromatic nitrogens is 3. The van der Waals surface area contributed by atoms with Gasteiger partial charge in [-0.2, -0.15) is 5.10 Å². The molecule has 8 nitrogen and oxygen atoms in total. The van der Waals surface area contributed by atoms with Gasteiger partial charge < -0.3 is 9.80 Å². The molecule has 0 aromatic carbocycles. The highest BCUT2D eigenvalue weighted by molar-refractivity contribution is 7.14. The lowest BCUT2D eigenvalue weighted by Gasteiger charge is -2.33. The van der Waals surface area contributed by atoms with Crippen LogP contribution in [0.25, 0.3) is 0 Å². The van der Waals surface area contributed by atoms with Gasteiger partial charge in [0.05, 0.1) is 11.4 Å². The summed E-state index contributed by atoms with van der Waals surface area (Å²) in [5.74, 6) is 0.980. The Kier molecular flexibility index (Phi) is 5.57. The molecule has 168 valence electrons. The zero-order valence-electron chi connectivity index (χ0n) is 19.0. The lowest BCUT2D eigenvalue weighted by molar-refractivity contribution is -0.129. The first-order valence-electron chi connectivity index (χ1n) is 10.8. The fourth-order valence-electron chi connectivity index (χ4n) is 4.37. The van der Waals surface area contributed by atoms with Gasteiger partial charge in [0.2, 0.25) is 5.91 Å². The predicted octanol–water partition coefficient (Wildman–Crippen LogP) is 2.00. The molecule has 0 fully saturated rings. The smallest absolute Gasteiger partial charge is 0.346 e. The SMILES string of the molecule is CN(C)C(=O)Cn1nc2n(c1=O)CCN(C(=O)c1cc3c(s1)CC[C@@H](C(C)(C)C)C3)C2. The van der Waals surface area contributed by atoms with Crippen molar-refractivity contribution in [3.8, 4) is 0 Å². The number of hydrogen-bond acceptors (Lipinski definition) is 5. The summed E-state index contributed by atoms with van der Waals surface area (Å²) in [7, 11) is 3.29. The minimum atomic E-state index is -0.294. The van der Waals surface area contributed by atoms with Crippen LogP contribution in [-0.4, -0.2) is 56.6 Å². The van der Waals surface area contributed by atoms with E-state index >= 15 is 0 Å². The Labute approximate surface area is 186 Å². The topological polar surface area (TPSA) is 80.4 Å². The van der Waals surface area contributed by atoms with Gasteiger partial charge in [-0.05, 0) is 42.2 Å². The van der Waals surface area contributed by atoms with Gasteiger partial charge in [-0.25, -0.2) is 9.48 Å². The highest BCUT2D eigenvalue weighted by Gasteiger charge is 2.32. The van der Waals surface area contributed by atoms with Crippen molar-refractivity contribution < 1.29 is 9.59 Å². The lowest BCUT2D eigenvalue weighted by Crippen LogP contribution is -2.41. The van der Waals surface area contributed by atoms with E-state index < -0.39 is 0 Å². The molecule has 2 aliphatic rings. The molecule has 31 heavy (non-hydrogen) atoms. The van der Waals surface area contributed by atoms with Crippen LogP contribution in [0.4, 0.5) is 0 Å². The number of amides is 2. The maximum atomic E-state index is 13.2. The maximum Gasteiger partial charge on any atom is 0.346 e. The van der Waals surface area contributed by atoms with Gasteiger partial charge in [-0.3, -0.25) is 14.2 Å². The van der Waals surface area contributed by atoms with Gasteiger partial charge in [0, 0.05) is 32.1 Å². The van der Waals surface area contributed by atoms with Crippen molar-refractivity contribution in [2.24, 2.45) is 11.3 Å². The average molecular weight is 446 g/mol. The van der Waals surface area contributed by atoms with Crippen LogP contribution in [0.5, 0.6) is 0 Å².